The maximum Gasteiger partial charge on any atom is 0.470 e. The Kier molecular flexibility index (Phi) is 8.35. The Hall–Kier alpha value is -0.660. The first-order valence-electron chi connectivity index (χ1n) is 7.61. The summed E-state index contributed by atoms with van der Waals surface area (Å²) in [7, 11) is -5.01. The summed E-state index contributed by atoms with van der Waals surface area (Å²) >= 11 is 0. The van der Waals surface area contributed by atoms with Gasteiger partial charge in [-0.15, -0.1) is 0 Å². The van der Waals surface area contributed by atoms with Crippen LogP contribution in [-0.2, 0) is 18.6 Å². The molecule has 12 nitrogen and oxygen atoms in total. The van der Waals surface area contributed by atoms with Crippen LogP contribution in [0, 0.1) is 0 Å². The molecule has 0 radical (unpaired) electrons. The van der Waals surface area contributed by atoms with Crippen molar-refractivity contribution >= 4 is 13.8 Å². The average molecular weight is 388 g/mol. The lowest BCUT2D eigenvalue weighted by atomic mass is 10.0. The molecule has 0 bridgehead atoms. The minimum Gasteiger partial charge on any atom is -0.480 e. The number of carboxylic acid groups (broad SMARTS) is 1. The number of nitrogens with two attached hydrogens (primary N) is 1. The third-order valence-corrected chi connectivity index (χ3v) is 4.36. The van der Waals surface area contributed by atoms with E-state index in [1.807, 2.05) is 0 Å². The van der Waals surface area contributed by atoms with Gasteiger partial charge in [0.15, 0.2) is 5.72 Å². The zero-order valence-corrected chi connectivity index (χ0v) is 14.3. The first-order valence-corrected chi connectivity index (χ1v) is 9.14. The lowest BCUT2D eigenvalue weighted by Crippen LogP contribution is -2.58. The fourth-order valence-corrected chi connectivity index (χ4v) is 3.15. The maximum absolute atomic E-state index is 11.1. The van der Waals surface area contributed by atoms with Crippen LogP contribution in [0.2, 0.25) is 0 Å². The second kappa shape index (κ2) is 9.33. The molecule has 0 spiro atoms. The van der Waals surface area contributed by atoms with Crippen molar-refractivity contribution in [3.63, 3.8) is 0 Å². The molecule has 1 aliphatic rings. The fraction of sp³-hybridized carbons (Fsp3) is 0.917. The normalized spacial score (nSPS) is 31.2. The number of unbranched alkanes of at least 4 members (excludes halogenated alkanes) is 1. The highest BCUT2D eigenvalue weighted by atomic mass is 31.2. The second-order valence-electron chi connectivity index (χ2n) is 5.76. The molecule has 1 saturated heterocycles. The summed E-state index contributed by atoms with van der Waals surface area (Å²) in [5, 5.41) is 40.2. The van der Waals surface area contributed by atoms with E-state index in [9.17, 15) is 24.7 Å². The molecule has 1 fully saturated rings. The molecule has 0 aromatic carbocycles. The van der Waals surface area contributed by atoms with Crippen molar-refractivity contribution in [2.24, 2.45) is 5.73 Å². The molecule has 1 aliphatic heterocycles. The van der Waals surface area contributed by atoms with Crippen LogP contribution in [0.4, 0.5) is 0 Å². The predicted molar refractivity (Wildman–Crippen MR) is 82.2 cm³/mol. The summed E-state index contributed by atoms with van der Waals surface area (Å²) in [6.07, 6.45) is -3.37. The van der Waals surface area contributed by atoms with Crippen molar-refractivity contribution < 1.29 is 48.8 Å². The molecule has 25 heavy (non-hydrogen) atoms. The number of hydrogen-bond donors (Lipinski definition) is 8. The molecule has 0 aromatic rings. The molecule has 0 saturated carbocycles. The number of aliphatic carboxylic acids is 1. The van der Waals surface area contributed by atoms with Gasteiger partial charge in [-0.05, 0) is 19.4 Å². The first kappa shape index (κ1) is 22.4. The largest absolute Gasteiger partial charge is 0.480 e. The molecule has 1 rings (SSSR count). The van der Waals surface area contributed by atoms with E-state index in [2.05, 4.69) is 9.84 Å². The monoisotopic (exact) mass is 388 g/mol. The van der Waals surface area contributed by atoms with Crippen molar-refractivity contribution in [1.82, 2.24) is 5.32 Å². The Labute approximate surface area is 143 Å². The van der Waals surface area contributed by atoms with E-state index in [1.54, 1.807) is 0 Å². The van der Waals surface area contributed by atoms with E-state index >= 15 is 0 Å². The van der Waals surface area contributed by atoms with Gasteiger partial charge in [-0.25, -0.2) is 4.57 Å². The van der Waals surface area contributed by atoms with Gasteiger partial charge in [-0.3, -0.25) is 14.6 Å². The van der Waals surface area contributed by atoms with Gasteiger partial charge in [0.1, 0.15) is 24.4 Å². The summed E-state index contributed by atoms with van der Waals surface area (Å²) in [6, 6.07) is -0.999. The van der Waals surface area contributed by atoms with E-state index in [-0.39, 0.29) is 13.0 Å². The Balaban J connectivity index is 2.69. The van der Waals surface area contributed by atoms with Gasteiger partial charge < -0.3 is 40.7 Å². The van der Waals surface area contributed by atoms with E-state index in [1.165, 1.54) is 0 Å². The molecule has 13 heteroatoms. The van der Waals surface area contributed by atoms with Crippen molar-refractivity contribution in [2.75, 3.05) is 19.8 Å². The number of carboxylic acids is 1. The fourth-order valence-electron chi connectivity index (χ4n) is 2.56. The van der Waals surface area contributed by atoms with Gasteiger partial charge in [0.05, 0.1) is 13.2 Å². The lowest BCUT2D eigenvalue weighted by molar-refractivity contribution is -0.138. The maximum atomic E-state index is 11.1. The Morgan fingerprint density at radius 1 is 1.36 bits per heavy atom. The smallest absolute Gasteiger partial charge is 0.470 e. The van der Waals surface area contributed by atoms with Gasteiger partial charge in [0.25, 0.3) is 0 Å². The van der Waals surface area contributed by atoms with Crippen LogP contribution in [0.5, 0.6) is 0 Å². The van der Waals surface area contributed by atoms with Crippen LogP contribution < -0.4 is 11.1 Å². The minimum atomic E-state index is -5.01. The van der Waals surface area contributed by atoms with Crippen molar-refractivity contribution in [1.29, 1.82) is 0 Å². The second-order valence-corrected chi connectivity index (χ2v) is 6.95. The predicted octanol–water partition coefficient (Wildman–Crippen LogP) is -2.92. The van der Waals surface area contributed by atoms with Gasteiger partial charge in [0, 0.05) is 0 Å². The number of phosphoric ester groups is 1. The van der Waals surface area contributed by atoms with Crippen LogP contribution in [0.25, 0.3) is 0 Å². The summed E-state index contributed by atoms with van der Waals surface area (Å²) in [6.45, 7) is -1.29. The van der Waals surface area contributed by atoms with Crippen LogP contribution in [0.1, 0.15) is 19.3 Å². The van der Waals surface area contributed by atoms with E-state index in [0.29, 0.717) is 12.8 Å². The molecule has 0 amide bonds. The Bertz CT molecular complexity index is 489. The number of ether oxygens (including phenoxy) is 1. The average Bonchev–Trinajstić information content (AvgIpc) is 2.78. The number of phosphoric acid groups is 1. The highest BCUT2D eigenvalue weighted by Crippen LogP contribution is 2.44. The zero-order valence-electron chi connectivity index (χ0n) is 13.4. The topological polar surface area (TPSA) is 212 Å². The third kappa shape index (κ3) is 6.22. The first-order chi connectivity index (χ1) is 11.6. The number of carbonyl (C=O) groups is 1. The van der Waals surface area contributed by atoms with Gasteiger partial charge in [0.2, 0.25) is 0 Å². The van der Waals surface area contributed by atoms with Crippen molar-refractivity contribution in [3.8, 4) is 0 Å². The van der Waals surface area contributed by atoms with E-state index in [4.69, 9.17) is 25.4 Å². The van der Waals surface area contributed by atoms with Crippen LogP contribution in [0.3, 0.4) is 0 Å². The minimum absolute atomic E-state index is 0.152. The molecule has 5 atom stereocenters. The lowest BCUT2D eigenvalue weighted by Gasteiger charge is -2.33. The van der Waals surface area contributed by atoms with E-state index < -0.39 is 57.1 Å². The summed E-state index contributed by atoms with van der Waals surface area (Å²) in [4.78, 5) is 28.6. The summed E-state index contributed by atoms with van der Waals surface area (Å²) in [5.74, 6) is -1.12. The van der Waals surface area contributed by atoms with E-state index in [0.717, 1.165) is 0 Å². The molecule has 9 N–H and O–H groups in total. The standard InChI is InChI=1S/C12H25N2O10P/c13-7(11(18)19)3-1-2-4-14-12(6-16)10(24-25(20,21)22)9(17)8(5-15)23-12/h7-10,14-17H,1-6,13H2,(H,18,19)(H2,20,21,22)/t7-,8+,9+,10-,12?/m0/s1. The Morgan fingerprint density at radius 2 is 2.00 bits per heavy atom. The Morgan fingerprint density at radius 3 is 2.48 bits per heavy atom. The summed E-state index contributed by atoms with van der Waals surface area (Å²) < 4.78 is 21.0. The number of rotatable bonds is 11. The zero-order chi connectivity index (χ0) is 19.3. The van der Waals surface area contributed by atoms with Crippen LogP contribution in [0.15, 0.2) is 0 Å². The third-order valence-electron chi connectivity index (χ3n) is 3.86. The summed E-state index contributed by atoms with van der Waals surface area (Å²) in [5.41, 5.74) is 3.54. The molecule has 148 valence electrons. The van der Waals surface area contributed by atoms with Crippen LogP contribution >= 0.6 is 7.82 Å². The van der Waals surface area contributed by atoms with Gasteiger partial charge >= 0.3 is 13.8 Å². The van der Waals surface area contributed by atoms with Gasteiger partial charge in [-0.1, -0.05) is 6.42 Å². The number of nitrogens with one attached hydrogen (secondary N) is 1. The number of aliphatic hydroxyl groups is 3. The molecular weight excluding hydrogens is 363 g/mol. The van der Waals surface area contributed by atoms with Gasteiger partial charge in [-0.2, -0.15) is 0 Å². The SMILES string of the molecule is N[C@@H](CCCCNC1(CO)O[C@H](CO)[C@@H](O)[C@@H]1OP(=O)(O)O)C(=O)O. The number of hydrogen-bond acceptors (Lipinski definition) is 9. The van der Waals surface area contributed by atoms with Crippen molar-refractivity contribution in [2.45, 2.75) is 49.3 Å². The highest BCUT2D eigenvalue weighted by molar-refractivity contribution is 7.46. The molecule has 1 unspecified atom stereocenters. The molecule has 1 heterocycles. The number of aliphatic hydroxyl groups excluding tert-OH is 3. The van der Waals surface area contributed by atoms with Crippen molar-refractivity contribution in [3.05, 3.63) is 0 Å². The molecule has 0 aliphatic carbocycles. The molecular formula is C12H25N2O10P. The highest BCUT2D eigenvalue weighted by Gasteiger charge is 2.57. The quantitative estimate of drug-likeness (QED) is 0.132. The van der Waals surface area contributed by atoms with Crippen LogP contribution in [-0.4, -0.2) is 86.0 Å². The molecule has 0 aromatic heterocycles.